The maximum Gasteiger partial charge on any atom is 0.224 e. The van der Waals surface area contributed by atoms with E-state index in [1.165, 1.54) is 16.6 Å². The van der Waals surface area contributed by atoms with Crippen LogP contribution in [0.4, 0.5) is 11.6 Å². The monoisotopic (exact) mass is 440 g/mol. The molecule has 33 heavy (non-hydrogen) atoms. The molecule has 168 valence electrons. The van der Waals surface area contributed by atoms with Gasteiger partial charge in [0.15, 0.2) is 0 Å². The van der Waals surface area contributed by atoms with E-state index in [9.17, 15) is 4.79 Å². The van der Waals surface area contributed by atoms with Gasteiger partial charge in [-0.2, -0.15) is 0 Å². The molecular formula is C26H28N6O. The van der Waals surface area contributed by atoms with E-state index < -0.39 is 0 Å². The second kappa shape index (κ2) is 9.40. The molecule has 1 atom stereocenters. The zero-order chi connectivity index (χ0) is 22.6. The second-order valence-electron chi connectivity index (χ2n) is 8.59. The van der Waals surface area contributed by atoms with Crippen LogP contribution in [0.25, 0.3) is 10.9 Å². The molecule has 1 aliphatic heterocycles. The molecule has 5 rings (SSSR count). The van der Waals surface area contributed by atoms with E-state index in [4.69, 9.17) is 4.98 Å². The minimum atomic E-state index is 0.214. The molecule has 1 fully saturated rings. The summed E-state index contributed by atoms with van der Waals surface area (Å²) in [4.78, 5) is 28.2. The Hall–Kier alpha value is -3.74. The number of hydrogen-bond acceptors (Lipinski definition) is 5. The molecule has 0 spiro atoms. The third kappa shape index (κ3) is 4.72. The van der Waals surface area contributed by atoms with E-state index in [2.05, 4.69) is 63.2 Å². The van der Waals surface area contributed by atoms with E-state index in [-0.39, 0.29) is 11.8 Å². The molecule has 0 saturated carbocycles. The van der Waals surface area contributed by atoms with Crippen LogP contribution in [0.2, 0.25) is 0 Å². The lowest BCUT2D eigenvalue weighted by Crippen LogP contribution is -2.39. The number of nitrogens with one attached hydrogen (secondary N) is 1. The van der Waals surface area contributed by atoms with Crippen molar-refractivity contribution in [2.45, 2.75) is 38.6 Å². The quantitative estimate of drug-likeness (QED) is 0.471. The highest BCUT2D eigenvalue weighted by atomic mass is 16.2. The number of anilines is 2. The molecule has 1 saturated heterocycles. The van der Waals surface area contributed by atoms with Crippen molar-refractivity contribution >= 4 is 28.4 Å². The molecular weight excluding hydrogens is 412 g/mol. The SMILES string of the molecule is Cc1cc2ccccc2n1CCC(=O)N1CCC[C@@H](c2cccc(Nc3cnccn3)n2)C1. The van der Waals surface area contributed by atoms with Crippen molar-refractivity contribution in [2.75, 3.05) is 18.4 Å². The first kappa shape index (κ1) is 21.1. The highest BCUT2D eigenvalue weighted by Crippen LogP contribution is 2.27. The average molecular weight is 441 g/mol. The van der Waals surface area contributed by atoms with E-state index >= 15 is 0 Å². The summed E-state index contributed by atoms with van der Waals surface area (Å²) in [6.45, 7) is 4.34. The van der Waals surface area contributed by atoms with Gasteiger partial charge < -0.3 is 14.8 Å². The molecule has 0 unspecified atom stereocenters. The Morgan fingerprint density at radius 3 is 2.91 bits per heavy atom. The average Bonchev–Trinajstić information content (AvgIpc) is 3.18. The van der Waals surface area contributed by atoms with Gasteiger partial charge in [0.05, 0.1) is 6.20 Å². The summed E-state index contributed by atoms with van der Waals surface area (Å²) < 4.78 is 2.25. The van der Waals surface area contributed by atoms with Gasteiger partial charge in [-0.1, -0.05) is 24.3 Å². The molecule has 7 nitrogen and oxygen atoms in total. The third-order valence-corrected chi connectivity index (χ3v) is 6.35. The number of nitrogens with zero attached hydrogens (tertiary/aromatic N) is 5. The van der Waals surface area contributed by atoms with Crippen LogP contribution in [0.5, 0.6) is 0 Å². The molecule has 1 aliphatic rings. The normalized spacial score (nSPS) is 16.2. The summed E-state index contributed by atoms with van der Waals surface area (Å²) in [5.74, 6) is 1.85. The van der Waals surface area contributed by atoms with E-state index in [0.717, 1.165) is 30.9 Å². The maximum absolute atomic E-state index is 13.1. The Bertz CT molecular complexity index is 1250. The number of carbonyl (C=O) groups excluding carboxylic acids is 1. The van der Waals surface area contributed by atoms with Gasteiger partial charge >= 0.3 is 0 Å². The van der Waals surface area contributed by atoms with Crippen LogP contribution in [0, 0.1) is 6.92 Å². The van der Waals surface area contributed by atoms with Crippen LogP contribution >= 0.6 is 0 Å². The van der Waals surface area contributed by atoms with Crippen molar-refractivity contribution in [1.82, 2.24) is 24.4 Å². The smallest absolute Gasteiger partial charge is 0.224 e. The molecule has 0 aliphatic carbocycles. The van der Waals surface area contributed by atoms with Gasteiger partial charge in [-0.15, -0.1) is 0 Å². The molecule has 4 aromatic rings. The Morgan fingerprint density at radius 1 is 1.12 bits per heavy atom. The summed E-state index contributed by atoms with van der Waals surface area (Å²) in [5, 5.41) is 4.43. The van der Waals surface area contributed by atoms with Crippen molar-refractivity contribution in [3.8, 4) is 0 Å². The number of aryl methyl sites for hydroxylation is 2. The number of fused-ring (bicyclic) bond motifs is 1. The van der Waals surface area contributed by atoms with Crippen molar-refractivity contribution in [1.29, 1.82) is 0 Å². The van der Waals surface area contributed by atoms with Crippen LogP contribution in [0.15, 0.2) is 67.1 Å². The minimum absolute atomic E-state index is 0.214. The van der Waals surface area contributed by atoms with Crippen LogP contribution in [-0.2, 0) is 11.3 Å². The summed E-state index contributed by atoms with van der Waals surface area (Å²) in [6, 6.07) is 16.5. The van der Waals surface area contributed by atoms with Crippen molar-refractivity contribution in [3.05, 3.63) is 78.5 Å². The molecule has 3 aromatic heterocycles. The molecule has 1 amide bonds. The molecule has 1 aromatic carbocycles. The zero-order valence-electron chi connectivity index (χ0n) is 18.8. The van der Waals surface area contributed by atoms with Crippen LogP contribution in [-0.4, -0.2) is 43.4 Å². The van der Waals surface area contributed by atoms with Gasteiger partial charge in [-0.3, -0.25) is 9.78 Å². The highest BCUT2D eigenvalue weighted by Gasteiger charge is 2.25. The summed E-state index contributed by atoms with van der Waals surface area (Å²) in [5.41, 5.74) is 3.39. The second-order valence-corrected chi connectivity index (χ2v) is 8.59. The van der Waals surface area contributed by atoms with Gasteiger partial charge in [-0.05, 0) is 49.4 Å². The third-order valence-electron chi connectivity index (χ3n) is 6.35. The van der Waals surface area contributed by atoms with Crippen molar-refractivity contribution in [3.63, 3.8) is 0 Å². The lowest BCUT2D eigenvalue weighted by Gasteiger charge is -2.33. The summed E-state index contributed by atoms with van der Waals surface area (Å²) in [7, 11) is 0. The number of rotatable bonds is 6. The molecule has 0 bridgehead atoms. The lowest BCUT2D eigenvalue weighted by atomic mass is 9.94. The van der Waals surface area contributed by atoms with Gasteiger partial charge in [0.25, 0.3) is 0 Å². The number of likely N-dealkylation sites (tertiary alicyclic amines) is 1. The minimum Gasteiger partial charge on any atom is -0.344 e. The van der Waals surface area contributed by atoms with Crippen molar-refractivity contribution in [2.24, 2.45) is 0 Å². The van der Waals surface area contributed by atoms with E-state index in [0.29, 0.717) is 25.3 Å². The topological polar surface area (TPSA) is 75.9 Å². The van der Waals surface area contributed by atoms with Gasteiger partial charge in [-0.25, -0.2) is 9.97 Å². The summed E-state index contributed by atoms with van der Waals surface area (Å²) in [6.07, 6.45) is 7.49. The number of aromatic nitrogens is 4. The Labute approximate surface area is 193 Å². The van der Waals surface area contributed by atoms with Gasteiger partial charge in [0.2, 0.25) is 5.91 Å². The number of pyridine rings is 1. The van der Waals surface area contributed by atoms with Crippen LogP contribution < -0.4 is 5.32 Å². The standard InChI is InChI=1S/C26H28N6O/c1-19-16-20-6-2-3-9-23(20)32(19)15-11-26(33)31-14-5-7-21(18-31)22-8-4-10-24(29-22)30-25-17-27-12-13-28-25/h2-4,6,8-10,12-13,16-17,21H,5,7,11,14-15,18H2,1H3,(H,28,29,30)/t21-/m1/s1. The first-order valence-electron chi connectivity index (χ1n) is 11.5. The van der Waals surface area contributed by atoms with Crippen LogP contribution in [0.3, 0.4) is 0 Å². The fourth-order valence-electron chi connectivity index (χ4n) is 4.70. The fourth-order valence-corrected chi connectivity index (χ4v) is 4.70. The Balaban J connectivity index is 1.24. The number of carbonyl (C=O) groups is 1. The number of hydrogen-bond donors (Lipinski definition) is 1. The molecule has 7 heteroatoms. The lowest BCUT2D eigenvalue weighted by molar-refractivity contribution is -0.132. The highest BCUT2D eigenvalue weighted by molar-refractivity contribution is 5.82. The first-order chi connectivity index (χ1) is 16.2. The number of amides is 1. The number of benzene rings is 1. The maximum atomic E-state index is 13.1. The zero-order valence-corrected chi connectivity index (χ0v) is 18.8. The Kier molecular flexibility index (Phi) is 6.02. The largest absolute Gasteiger partial charge is 0.344 e. The van der Waals surface area contributed by atoms with Gasteiger partial charge in [0.1, 0.15) is 11.6 Å². The molecule has 4 heterocycles. The predicted molar refractivity (Wildman–Crippen MR) is 129 cm³/mol. The van der Waals surface area contributed by atoms with Crippen LogP contribution in [0.1, 0.15) is 36.6 Å². The van der Waals surface area contributed by atoms with Gasteiger partial charge in [0, 0.05) is 61.3 Å². The van der Waals surface area contributed by atoms with E-state index in [1.54, 1.807) is 18.6 Å². The fraction of sp³-hybridized carbons (Fsp3) is 0.308. The number of piperidine rings is 1. The number of para-hydroxylation sites is 1. The molecule has 0 radical (unpaired) electrons. The molecule has 1 N–H and O–H groups in total. The van der Waals surface area contributed by atoms with Crippen molar-refractivity contribution < 1.29 is 4.79 Å². The first-order valence-corrected chi connectivity index (χ1v) is 11.5. The predicted octanol–water partition coefficient (Wildman–Crippen LogP) is 4.67. The van der Waals surface area contributed by atoms with E-state index in [1.807, 2.05) is 17.0 Å². The Morgan fingerprint density at radius 2 is 2.03 bits per heavy atom. The summed E-state index contributed by atoms with van der Waals surface area (Å²) >= 11 is 0.